The van der Waals surface area contributed by atoms with Crippen LogP contribution in [-0.4, -0.2) is 44.2 Å². The fourth-order valence-corrected chi connectivity index (χ4v) is 3.84. The topological polar surface area (TPSA) is 67.6 Å². The molecule has 1 aromatic heterocycles. The number of ether oxygens (including phenoxy) is 1. The first kappa shape index (κ1) is 23.4. The van der Waals surface area contributed by atoms with Crippen LogP contribution >= 0.6 is 15.9 Å². The normalized spacial score (nSPS) is 17.3. The van der Waals surface area contributed by atoms with E-state index < -0.39 is 36.8 Å². The third kappa shape index (κ3) is 5.72. The molecular formula is C21H25BrF3N3O3. The maximum absolute atomic E-state index is 12.9. The van der Waals surface area contributed by atoms with Crippen LogP contribution in [0.25, 0.3) is 11.3 Å². The Kier molecular flexibility index (Phi) is 6.59. The number of alkyl halides is 3. The lowest BCUT2D eigenvalue weighted by atomic mass is 10.1. The summed E-state index contributed by atoms with van der Waals surface area (Å²) in [7, 11) is 0. The Morgan fingerprint density at radius 3 is 2.48 bits per heavy atom. The molecule has 31 heavy (non-hydrogen) atoms. The van der Waals surface area contributed by atoms with Crippen LogP contribution in [0, 0.1) is 0 Å². The summed E-state index contributed by atoms with van der Waals surface area (Å²) in [6.45, 7) is 5.68. The molecule has 0 spiro atoms. The quantitative estimate of drug-likeness (QED) is 0.510. The third-order valence-corrected chi connectivity index (χ3v) is 5.44. The van der Waals surface area contributed by atoms with Gasteiger partial charge in [-0.3, -0.25) is 4.90 Å². The Morgan fingerprint density at radius 1 is 1.26 bits per heavy atom. The molecule has 0 saturated carbocycles. The summed E-state index contributed by atoms with van der Waals surface area (Å²) in [5.74, 6) is 0.137. The number of amides is 1. The maximum Gasteiger partial charge on any atom is 0.410 e. The zero-order valence-corrected chi connectivity index (χ0v) is 19.1. The summed E-state index contributed by atoms with van der Waals surface area (Å²) in [5.41, 5.74) is 0.214. The number of hydrogen-bond donors (Lipinski definition) is 1. The van der Waals surface area contributed by atoms with E-state index in [0.29, 0.717) is 24.9 Å². The number of imidazole rings is 1. The minimum absolute atomic E-state index is 0.0608. The first-order valence-electron chi connectivity index (χ1n) is 9.99. The molecule has 0 bridgehead atoms. The summed E-state index contributed by atoms with van der Waals surface area (Å²) in [6.07, 6.45) is -5.25. The molecule has 170 valence electrons. The van der Waals surface area contributed by atoms with Crippen molar-refractivity contribution < 1.29 is 27.9 Å². The van der Waals surface area contributed by atoms with Crippen LogP contribution < -0.4 is 0 Å². The third-order valence-electron chi connectivity index (χ3n) is 4.91. The largest absolute Gasteiger partial charge is 0.444 e. The van der Waals surface area contributed by atoms with Crippen molar-refractivity contribution in [1.82, 2.24) is 14.6 Å². The number of hydrogen-bond acceptors (Lipinski definition) is 4. The highest BCUT2D eigenvalue weighted by Crippen LogP contribution is 2.36. The Balaban J connectivity index is 2.00. The molecule has 10 heteroatoms. The number of rotatable bonds is 4. The molecule has 1 N–H and O–H groups in total. The summed E-state index contributed by atoms with van der Waals surface area (Å²) in [4.78, 5) is 18.6. The summed E-state index contributed by atoms with van der Waals surface area (Å²) in [5, 5.41) is 10.8. The number of carbonyl (C=O) groups is 1. The molecular weight excluding hydrogens is 479 g/mol. The molecule has 1 aromatic carbocycles. The average molecular weight is 504 g/mol. The Morgan fingerprint density at radius 2 is 1.90 bits per heavy atom. The molecule has 1 saturated heterocycles. The summed E-state index contributed by atoms with van der Waals surface area (Å²) in [6, 6.07) is 6.35. The van der Waals surface area contributed by atoms with E-state index in [0.717, 1.165) is 9.20 Å². The van der Waals surface area contributed by atoms with Crippen molar-refractivity contribution in [2.24, 2.45) is 0 Å². The predicted octanol–water partition coefficient (Wildman–Crippen LogP) is 6.12. The van der Waals surface area contributed by atoms with E-state index in [1.165, 1.54) is 4.90 Å². The lowest BCUT2D eigenvalue weighted by molar-refractivity contribution is -0.134. The van der Waals surface area contributed by atoms with Gasteiger partial charge in [-0.25, -0.2) is 9.78 Å². The van der Waals surface area contributed by atoms with Crippen molar-refractivity contribution in [2.75, 3.05) is 6.54 Å². The zero-order chi connectivity index (χ0) is 23.0. The van der Waals surface area contributed by atoms with E-state index in [9.17, 15) is 23.2 Å². The van der Waals surface area contributed by atoms with E-state index in [-0.39, 0.29) is 17.2 Å². The van der Waals surface area contributed by atoms with Crippen LogP contribution in [0.5, 0.6) is 0 Å². The van der Waals surface area contributed by atoms with Crippen LogP contribution in [0.15, 0.2) is 28.7 Å². The van der Waals surface area contributed by atoms with Crippen molar-refractivity contribution in [2.45, 2.75) is 64.3 Å². The van der Waals surface area contributed by atoms with Gasteiger partial charge in [0.2, 0.25) is 0 Å². The Hall–Kier alpha value is -2.23. The van der Waals surface area contributed by atoms with Gasteiger partial charge in [0.05, 0.1) is 17.4 Å². The monoisotopic (exact) mass is 503 g/mol. The number of halogens is 4. The molecule has 1 atom stereocenters. The highest BCUT2D eigenvalue weighted by atomic mass is 79.9. The van der Waals surface area contributed by atoms with Gasteiger partial charge in [-0.15, -0.1) is 0 Å². The molecule has 1 fully saturated rings. The number of carbonyl (C=O) groups excluding carboxylic acids is 1. The van der Waals surface area contributed by atoms with Gasteiger partial charge in [-0.05, 0) is 45.7 Å². The average Bonchev–Trinajstić information content (AvgIpc) is 3.23. The Labute approximate surface area is 187 Å². The number of nitrogens with zero attached hydrogens (tertiary/aromatic N) is 3. The maximum atomic E-state index is 12.9. The first-order chi connectivity index (χ1) is 14.4. The van der Waals surface area contributed by atoms with Crippen molar-refractivity contribution in [3.05, 3.63) is 40.3 Å². The molecule has 3 rings (SSSR count). The summed E-state index contributed by atoms with van der Waals surface area (Å²) >= 11 is 3.33. The van der Waals surface area contributed by atoms with Gasteiger partial charge < -0.3 is 9.94 Å². The van der Waals surface area contributed by atoms with Gasteiger partial charge >= 0.3 is 12.3 Å². The van der Waals surface area contributed by atoms with Crippen LogP contribution in [-0.2, 0) is 11.2 Å². The standard InChI is InChI=1S/C21H25BrF3N3O3/c1-20(2,3)31-19(29)27-12-4-5-16(27)18-26-17(13-6-8-14(22)9-7-13)15(28(18)30)10-11-21(23,24)25/h6-9,16,30H,4-5,10-12H2,1-3H3/t16-/m0/s1. The highest BCUT2D eigenvalue weighted by Gasteiger charge is 2.38. The zero-order valence-electron chi connectivity index (χ0n) is 17.5. The highest BCUT2D eigenvalue weighted by molar-refractivity contribution is 9.10. The van der Waals surface area contributed by atoms with Crippen molar-refractivity contribution >= 4 is 22.0 Å². The van der Waals surface area contributed by atoms with Crippen molar-refractivity contribution in [1.29, 1.82) is 0 Å². The molecule has 2 heterocycles. The van der Waals surface area contributed by atoms with E-state index >= 15 is 0 Å². The van der Waals surface area contributed by atoms with E-state index in [4.69, 9.17) is 4.74 Å². The van der Waals surface area contributed by atoms with Gasteiger partial charge in [0.1, 0.15) is 5.60 Å². The smallest absolute Gasteiger partial charge is 0.410 e. The van der Waals surface area contributed by atoms with Crippen LogP contribution in [0.3, 0.4) is 0 Å². The molecule has 0 radical (unpaired) electrons. The molecule has 0 unspecified atom stereocenters. The molecule has 0 aliphatic carbocycles. The lowest BCUT2D eigenvalue weighted by Gasteiger charge is -2.28. The first-order valence-corrected chi connectivity index (χ1v) is 10.8. The van der Waals surface area contributed by atoms with Crippen LogP contribution in [0.4, 0.5) is 18.0 Å². The van der Waals surface area contributed by atoms with Gasteiger partial charge in [-0.1, -0.05) is 28.1 Å². The minimum Gasteiger partial charge on any atom is -0.444 e. The predicted molar refractivity (Wildman–Crippen MR) is 112 cm³/mol. The van der Waals surface area contributed by atoms with E-state index in [2.05, 4.69) is 20.9 Å². The second kappa shape index (κ2) is 8.72. The second-order valence-electron chi connectivity index (χ2n) is 8.53. The Bertz CT molecular complexity index is 936. The fraction of sp³-hybridized carbons (Fsp3) is 0.524. The second-order valence-corrected chi connectivity index (χ2v) is 9.45. The number of benzene rings is 1. The lowest BCUT2D eigenvalue weighted by Crippen LogP contribution is -2.37. The molecule has 1 aliphatic heterocycles. The molecule has 2 aromatic rings. The summed E-state index contributed by atoms with van der Waals surface area (Å²) < 4.78 is 45.7. The van der Waals surface area contributed by atoms with Crippen molar-refractivity contribution in [3.8, 4) is 11.3 Å². The molecule has 1 aliphatic rings. The van der Waals surface area contributed by atoms with Gasteiger partial charge in [0.15, 0.2) is 5.82 Å². The van der Waals surface area contributed by atoms with Gasteiger partial charge in [-0.2, -0.15) is 17.9 Å². The van der Waals surface area contributed by atoms with Crippen molar-refractivity contribution in [3.63, 3.8) is 0 Å². The van der Waals surface area contributed by atoms with Gasteiger partial charge in [0.25, 0.3) is 0 Å². The minimum atomic E-state index is -4.38. The van der Waals surface area contributed by atoms with E-state index in [1.807, 2.05) is 0 Å². The van der Waals surface area contributed by atoms with Gasteiger partial charge in [0, 0.05) is 29.4 Å². The SMILES string of the molecule is CC(C)(C)OC(=O)N1CCC[C@H]1c1nc(-c2ccc(Br)cc2)c(CCC(F)(F)F)n1O. The number of likely N-dealkylation sites (tertiary alicyclic amines) is 1. The number of aromatic nitrogens is 2. The molecule has 6 nitrogen and oxygen atoms in total. The van der Waals surface area contributed by atoms with Crippen LogP contribution in [0.1, 0.15) is 57.6 Å². The van der Waals surface area contributed by atoms with E-state index in [1.54, 1.807) is 45.0 Å². The molecule has 1 amide bonds. The van der Waals surface area contributed by atoms with Crippen LogP contribution in [0.2, 0.25) is 0 Å². The fourth-order valence-electron chi connectivity index (χ4n) is 3.58.